The molecule has 0 saturated heterocycles. The molecule has 0 amide bonds. The molecule has 1 aliphatic rings. The molecule has 0 bridgehead atoms. The second kappa shape index (κ2) is 5.07. The van der Waals surface area contributed by atoms with Crippen LogP contribution in [0.25, 0.3) is 0 Å². The third kappa shape index (κ3) is 2.50. The number of hydrogen-bond donors (Lipinski definition) is 1. The zero-order valence-corrected chi connectivity index (χ0v) is 10.2. The van der Waals surface area contributed by atoms with E-state index in [2.05, 4.69) is 0 Å². The Hall–Kier alpha value is -0.730. The van der Waals surface area contributed by atoms with Crippen molar-refractivity contribution in [3.8, 4) is 5.75 Å². The summed E-state index contributed by atoms with van der Waals surface area (Å²) in [7, 11) is 1.66. The van der Waals surface area contributed by atoms with Crippen LogP contribution in [0.15, 0.2) is 18.2 Å². The third-order valence-corrected chi connectivity index (χ3v) is 3.58. The largest absolute Gasteiger partial charge is 0.496 e. The predicted molar refractivity (Wildman–Crippen MR) is 65.1 cm³/mol. The minimum atomic E-state index is -0.163. The van der Waals surface area contributed by atoms with Crippen LogP contribution >= 0.6 is 11.6 Å². The Kier molecular flexibility index (Phi) is 3.72. The molecule has 1 fully saturated rings. The van der Waals surface area contributed by atoms with E-state index in [4.69, 9.17) is 16.3 Å². The van der Waals surface area contributed by atoms with Crippen LogP contribution in [0.4, 0.5) is 0 Å². The molecule has 16 heavy (non-hydrogen) atoms. The van der Waals surface area contributed by atoms with Gasteiger partial charge < -0.3 is 9.84 Å². The van der Waals surface area contributed by atoms with Gasteiger partial charge in [0.1, 0.15) is 5.75 Å². The zero-order valence-electron chi connectivity index (χ0n) is 9.45. The number of benzene rings is 1. The van der Waals surface area contributed by atoms with Crippen molar-refractivity contribution in [2.45, 2.75) is 31.8 Å². The zero-order chi connectivity index (χ0) is 11.5. The summed E-state index contributed by atoms with van der Waals surface area (Å²) in [6.07, 6.45) is 3.83. The molecule has 1 aromatic carbocycles. The van der Waals surface area contributed by atoms with Crippen LogP contribution in [0.5, 0.6) is 5.75 Å². The average Bonchev–Trinajstić information content (AvgIpc) is 2.65. The van der Waals surface area contributed by atoms with Crippen molar-refractivity contribution in [1.82, 2.24) is 0 Å². The van der Waals surface area contributed by atoms with E-state index in [9.17, 15) is 5.11 Å². The van der Waals surface area contributed by atoms with Crippen LogP contribution < -0.4 is 4.74 Å². The average molecular weight is 241 g/mol. The van der Waals surface area contributed by atoms with Crippen molar-refractivity contribution in [2.75, 3.05) is 7.11 Å². The van der Waals surface area contributed by atoms with Gasteiger partial charge in [0.15, 0.2) is 0 Å². The van der Waals surface area contributed by atoms with Gasteiger partial charge in [-0.15, -0.1) is 0 Å². The second-order valence-electron chi connectivity index (χ2n) is 4.42. The molecule has 88 valence electrons. The van der Waals surface area contributed by atoms with Gasteiger partial charge in [-0.2, -0.15) is 0 Å². The van der Waals surface area contributed by atoms with Gasteiger partial charge >= 0.3 is 0 Å². The molecule has 1 aliphatic carbocycles. The Bertz CT molecular complexity index is 365. The molecule has 1 aromatic rings. The summed E-state index contributed by atoms with van der Waals surface area (Å²) in [4.78, 5) is 0. The summed E-state index contributed by atoms with van der Waals surface area (Å²) in [6, 6.07) is 5.65. The van der Waals surface area contributed by atoms with E-state index in [-0.39, 0.29) is 6.10 Å². The Labute approximate surface area is 101 Å². The van der Waals surface area contributed by atoms with Crippen LogP contribution in [0, 0.1) is 5.92 Å². The minimum absolute atomic E-state index is 0.163. The van der Waals surface area contributed by atoms with Crippen LogP contribution in [-0.2, 0) is 6.42 Å². The Morgan fingerprint density at radius 3 is 2.88 bits per heavy atom. The van der Waals surface area contributed by atoms with Crippen molar-refractivity contribution in [3.05, 3.63) is 28.8 Å². The Balaban J connectivity index is 2.16. The number of aliphatic hydroxyl groups excluding tert-OH is 1. The van der Waals surface area contributed by atoms with E-state index >= 15 is 0 Å². The molecule has 2 rings (SSSR count). The van der Waals surface area contributed by atoms with E-state index < -0.39 is 0 Å². The first-order valence-electron chi connectivity index (χ1n) is 5.71. The maximum absolute atomic E-state index is 9.81. The number of aliphatic hydroxyl groups is 1. The monoisotopic (exact) mass is 240 g/mol. The number of rotatable bonds is 3. The lowest BCUT2D eigenvalue weighted by molar-refractivity contribution is 0.132. The topological polar surface area (TPSA) is 29.5 Å². The summed E-state index contributed by atoms with van der Waals surface area (Å²) in [5.41, 5.74) is 1.10. The number of ether oxygens (including phenoxy) is 1. The van der Waals surface area contributed by atoms with Crippen LogP contribution in [0.1, 0.15) is 24.8 Å². The molecule has 3 heteroatoms. The molecule has 2 nitrogen and oxygen atoms in total. The molecular formula is C13H17ClO2. The van der Waals surface area contributed by atoms with Gasteiger partial charge in [-0.1, -0.05) is 18.0 Å². The fraction of sp³-hybridized carbons (Fsp3) is 0.538. The molecule has 0 aliphatic heterocycles. The summed E-state index contributed by atoms with van der Waals surface area (Å²) in [6.45, 7) is 0. The second-order valence-corrected chi connectivity index (χ2v) is 4.86. The first kappa shape index (κ1) is 11.7. The van der Waals surface area contributed by atoms with E-state index in [1.807, 2.05) is 18.2 Å². The van der Waals surface area contributed by atoms with Gasteiger partial charge in [0.2, 0.25) is 0 Å². The fourth-order valence-corrected chi connectivity index (χ4v) is 2.64. The highest BCUT2D eigenvalue weighted by Crippen LogP contribution is 2.32. The Morgan fingerprint density at radius 1 is 1.44 bits per heavy atom. The summed E-state index contributed by atoms with van der Waals surface area (Å²) in [5.74, 6) is 1.22. The van der Waals surface area contributed by atoms with Gasteiger partial charge in [-0.05, 0) is 48.9 Å². The van der Waals surface area contributed by atoms with E-state index in [0.717, 1.165) is 42.0 Å². The van der Waals surface area contributed by atoms with Gasteiger partial charge in [0, 0.05) is 5.02 Å². The first-order valence-corrected chi connectivity index (χ1v) is 6.09. The van der Waals surface area contributed by atoms with Crippen molar-refractivity contribution in [3.63, 3.8) is 0 Å². The molecule has 0 spiro atoms. The minimum Gasteiger partial charge on any atom is -0.496 e. The van der Waals surface area contributed by atoms with E-state index in [1.54, 1.807) is 7.11 Å². The van der Waals surface area contributed by atoms with Gasteiger partial charge in [0.25, 0.3) is 0 Å². The third-order valence-electron chi connectivity index (χ3n) is 3.34. The van der Waals surface area contributed by atoms with Gasteiger partial charge in [-0.25, -0.2) is 0 Å². The number of hydrogen-bond acceptors (Lipinski definition) is 2. The number of methoxy groups -OCH3 is 1. The highest BCUT2D eigenvalue weighted by Gasteiger charge is 2.26. The standard InChI is InChI=1S/C13H17ClO2/c1-16-13-6-5-11(14)8-10(13)7-9-3-2-4-12(9)15/h5-6,8-9,12,15H,2-4,7H2,1H3. The molecule has 2 unspecified atom stereocenters. The van der Waals surface area contributed by atoms with E-state index in [0.29, 0.717) is 5.92 Å². The predicted octanol–water partition coefficient (Wildman–Crippen LogP) is 3.05. The van der Waals surface area contributed by atoms with Crippen molar-refractivity contribution in [1.29, 1.82) is 0 Å². The lowest BCUT2D eigenvalue weighted by Crippen LogP contribution is -2.15. The lowest BCUT2D eigenvalue weighted by Gasteiger charge is -2.16. The van der Waals surface area contributed by atoms with Crippen molar-refractivity contribution in [2.24, 2.45) is 5.92 Å². The summed E-state index contributed by atoms with van der Waals surface area (Å²) >= 11 is 5.98. The normalized spacial score (nSPS) is 24.7. The molecule has 0 radical (unpaired) electrons. The highest BCUT2D eigenvalue weighted by atomic mass is 35.5. The lowest BCUT2D eigenvalue weighted by atomic mass is 9.96. The fourth-order valence-electron chi connectivity index (χ4n) is 2.44. The molecule has 2 atom stereocenters. The summed E-state index contributed by atoms with van der Waals surface area (Å²) in [5, 5.41) is 10.5. The van der Waals surface area contributed by atoms with Crippen LogP contribution in [0.3, 0.4) is 0 Å². The molecule has 1 saturated carbocycles. The molecule has 0 heterocycles. The van der Waals surface area contributed by atoms with Crippen molar-refractivity contribution >= 4 is 11.6 Å². The maximum atomic E-state index is 9.81. The first-order chi connectivity index (χ1) is 7.70. The Morgan fingerprint density at radius 2 is 2.25 bits per heavy atom. The highest BCUT2D eigenvalue weighted by molar-refractivity contribution is 6.30. The van der Waals surface area contributed by atoms with Crippen LogP contribution in [0.2, 0.25) is 5.02 Å². The van der Waals surface area contributed by atoms with E-state index in [1.165, 1.54) is 0 Å². The molecule has 1 N–H and O–H groups in total. The van der Waals surface area contributed by atoms with Gasteiger partial charge in [0.05, 0.1) is 13.2 Å². The smallest absolute Gasteiger partial charge is 0.122 e. The maximum Gasteiger partial charge on any atom is 0.122 e. The molecule has 0 aromatic heterocycles. The van der Waals surface area contributed by atoms with Gasteiger partial charge in [-0.3, -0.25) is 0 Å². The summed E-state index contributed by atoms with van der Waals surface area (Å²) < 4.78 is 5.31. The van der Waals surface area contributed by atoms with Crippen molar-refractivity contribution < 1.29 is 9.84 Å². The molecular weight excluding hydrogens is 224 g/mol. The quantitative estimate of drug-likeness (QED) is 0.880. The van der Waals surface area contributed by atoms with Crippen LogP contribution in [-0.4, -0.2) is 18.3 Å². The number of halogens is 1. The SMILES string of the molecule is COc1ccc(Cl)cc1CC1CCCC1O.